The van der Waals surface area contributed by atoms with Crippen molar-refractivity contribution >= 4 is 11.8 Å². The minimum Gasteiger partial charge on any atom is -0.481 e. The fraction of sp³-hybridized carbons (Fsp3) is 0.556. The molecule has 0 unspecified atom stereocenters. The lowest BCUT2D eigenvalue weighted by Gasteiger charge is -2.40. The first-order chi connectivity index (χ1) is 11.6. The van der Waals surface area contributed by atoms with Crippen molar-refractivity contribution in [2.75, 3.05) is 32.8 Å². The Morgan fingerprint density at radius 1 is 1.21 bits per heavy atom. The lowest BCUT2D eigenvalue weighted by Crippen LogP contribution is -2.57. The van der Waals surface area contributed by atoms with Gasteiger partial charge in [-0.1, -0.05) is 26.0 Å². The van der Waals surface area contributed by atoms with E-state index in [9.17, 15) is 14.0 Å². The van der Waals surface area contributed by atoms with Gasteiger partial charge in [0, 0.05) is 26.2 Å². The largest absolute Gasteiger partial charge is 0.481 e. The molecule has 1 heterocycles. The zero-order chi connectivity index (χ0) is 17.5. The first-order valence-electron chi connectivity index (χ1n) is 8.50. The van der Waals surface area contributed by atoms with Crippen molar-refractivity contribution in [1.82, 2.24) is 9.80 Å². The fourth-order valence-corrected chi connectivity index (χ4v) is 2.76. The van der Waals surface area contributed by atoms with Gasteiger partial charge < -0.3 is 14.5 Å². The van der Waals surface area contributed by atoms with Crippen LogP contribution in [-0.2, 0) is 9.59 Å². The first kappa shape index (κ1) is 18.2. The molecule has 0 spiro atoms. The fourth-order valence-electron chi connectivity index (χ4n) is 2.76. The lowest BCUT2D eigenvalue weighted by molar-refractivity contribution is -0.149. The number of benzene rings is 1. The van der Waals surface area contributed by atoms with E-state index in [0.717, 1.165) is 25.9 Å². The van der Waals surface area contributed by atoms with E-state index in [-0.39, 0.29) is 30.1 Å². The van der Waals surface area contributed by atoms with Crippen molar-refractivity contribution in [3.63, 3.8) is 0 Å². The van der Waals surface area contributed by atoms with E-state index in [2.05, 4.69) is 0 Å². The molecular weight excluding hydrogens is 311 g/mol. The van der Waals surface area contributed by atoms with Crippen LogP contribution in [0, 0.1) is 11.7 Å². The molecule has 1 saturated heterocycles. The van der Waals surface area contributed by atoms with Crippen LogP contribution in [0.1, 0.15) is 26.7 Å². The normalized spacial score (nSPS) is 14.2. The second-order valence-electron chi connectivity index (χ2n) is 6.04. The maximum Gasteiger partial charge on any atom is 0.260 e. The topological polar surface area (TPSA) is 49.9 Å². The number of nitrogens with zero attached hydrogens (tertiary/aromatic N) is 2. The van der Waals surface area contributed by atoms with Crippen LogP contribution in [0.3, 0.4) is 0 Å². The van der Waals surface area contributed by atoms with Gasteiger partial charge >= 0.3 is 0 Å². The Bertz CT molecular complexity index is 567. The molecule has 24 heavy (non-hydrogen) atoms. The van der Waals surface area contributed by atoms with Gasteiger partial charge in [-0.15, -0.1) is 0 Å². The minimum atomic E-state index is -0.489. The zero-order valence-electron chi connectivity index (χ0n) is 14.3. The van der Waals surface area contributed by atoms with Crippen LogP contribution in [0.15, 0.2) is 24.3 Å². The quantitative estimate of drug-likeness (QED) is 0.732. The van der Waals surface area contributed by atoms with Crippen molar-refractivity contribution in [1.29, 1.82) is 0 Å². The Balaban J connectivity index is 1.77. The van der Waals surface area contributed by atoms with E-state index < -0.39 is 5.82 Å². The number of ether oxygens (including phenoxy) is 1. The smallest absolute Gasteiger partial charge is 0.260 e. The Morgan fingerprint density at radius 2 is 1.83 bits per heavy atom. The Kier molecular flexibility index (Phi) is 6.58. The summed E-state index contributed by atoms with van der Waals surface area (Å²) in [5, 5.41) is 0. The first-order valence-corrected chi connectivity index (χ1v) is 8.50. The number of halogens is 1. The van der Waals surface area contributed by atoms with E-state index in [4.69, 9.17) is 4.74 Å². The number of rotatable bonds is 8. The summed E-state index contributed by atoms with van der Waals surface area (Å²) in [5.41, 5.74) is 0. The van der Waals surface area contributed by atoms with Gasteiger partial charge in [-0.2, -0.15) is 0 Å². The van der Waals surface area contributed by atoms with Crippen molar-refractivity contribution in [3.8, 4) is 5.75 Å². The highest BCUT2D eigenvalue weighted by atomic mass is 19.1. The number of likely N-dealkylation sites (tertiary alicyclic amines) is 1. The van der Waals surface area contributed by atoms with E-state index in [1.165, 1.54) is 12.1 Å². The van der Waals surface area contributed by atoms with Crippen LogP contribution in [0.2, 0.25) is 0 Å². The number of para-hydroxylation sites is 1. The van der Waals surface area contributed by atoms with Gasteiger partial charge in [0.15, 0.2) is 18.2 Å². The molecule has 1 aliphatic rings. The van der Waals surface area contributed by atoms with E-state index in [1.54, 1.807) is 17.0 Å². The van der Waals surface area contributed by atoms with E-state index >= 15 is 0 Å². The predicted octanol–water partition coefficient (Wildman–Crippen LogP) is 2.31. The summed E-state index contributed by atoms with van der Waals surface area (Å²) >= 11 is 0. The van der Waals surface area contributed by atoms with Gasteiger partial charge in [0.25, 0.3) is 5.91 Å². The Labute approximate surface area is 142 Å². The maximum atomic E-state index is 13.4. The third-order valence-corrected chi connectivity index (χ3v) is 4.07. The molecule has 132 valence electrons. The van der Waals surface area contributed by atoms with Gasteiger partial charge in [0.05, 0.1) is 5.92 Å². The van der Waals surface area contributed by atoms with Crippen LogP contribution < -0.4 is 4.74 Å². The molecular formula is C18H25FN2O3. The van der Waals surface area contributed by atoms with Gasteiger partial charge in [0.2, 0.25) is 5.91 Å². The summed E-state index contributed by atoms with van der Waals surface area (Å²) < 4.78 is 18.7. The molecule has 1 fully saturated rings. The van der Waals surface area contributed by atoms with Crippen molar-refractivity contribution in [2.24, 2.45) is 5.92 Å². The summed E-state index contributed by atoms with van der Waals surface area (Å²) in [6.07, 6.45) is 1.86. The summed E-state index contributed by atoms with van der Waals surface area (Å²) in [5.74, 6) is -0.647. The van der Waals surface area contributed by atoms with Gasteiger partial charge in [-0.25, -0.2) is 4.39 Å². The molecule has 1 aromatic rings. The standard InChI is InChI=1S/C18H25FN2O3/c1-3-9-20(10-4-2)18(23)14-11-21(12-14)17(22)13-24-16-8-6-5-7-15(16)19/h5-8,14H,3-4,9-13H2,1-2H3. The average Bonchev–Trinajstić information content (AvgIpc) is 2.52. The van der Waals surface area contributed by atoms with Crippen molar-refractivity contribution < 1.29 is 18.7 Å². The van der Waals surface area contributed by atoms with Crippen LogP contribution in [-0.4, -0.2) is 54.4 Å². The van der Waals surface area contributed by atoms with Crippen LogP contribution in [0.4, 0.5) is 4.39 Å². The van der Waals surface area contributed by atoms with E-state index in [0.29, 0.717) is 13.1 Å². The molecule has 0 bridgehead atoms. The third kappa shape index (κ3) is 4.46. The van der Waals surface area contributed by atoms with E-state index in [1.807, 2.05) is 18.7 Å². The zero-order valence-corrected chi connectivity index (χ0v) is 14.3. The van der Waals surface area contributed by atoms with Gasteiger partial charge in [-0.3, -0.25) is 9.59 Å². The Morgan fingerprint density at radius 3 is 2.42 bits per heavy atom. The van der Waals surface area contributed by atoms with Gasteiger partial charge in [-0.05, 0) is 25.0 Å². The van der Waals surface area contributed by atoms with Crippen molar-refractivity contribution in [3.05, 3.63) is 30.1 Å². The summed E-state index contributed by atoms with van der Waals surface area (Å²) in [7, 11) is 0. The number of carbonyl (C=O) groups is 2. The summed E-state index contributed by atoms with van der Waals surface area (Å²) in [6, 6.07) is 5.98. The summed E-state index contributed by atoms with van der Waals surface area (Å²) in [4.78, 5) is 27.9. The second kappa shape index (κ2) is 8.66. The third-order valence-electron chi connectivity index (χ3n) is 4.07. The van der Waals surface area contributed by atoms with Gasteiger partial charge in [0.1, 0.15) is 0 Å². The maximum absolute atomic E-state index is 13.4. The van der Waals surface area contributed by atoms with Crippen LogP contribution >= 0.6 is 0 Å². The molecule has 0 N–H and O–H groups in total. The lowest BCUT2D eigenvalue weighted by atomic mass is 9.98. The molecule has 0 saturated carbocycles. The SMILES string of the molecule is CCCN(CCC)C(=O)C1CN(C(=O)COc2ccccc2F)C1. The predicted molar refractivity (Wildman–Crippen MR) is 89.1 cm³/mol. The number of hydrogen-bond donors (Lipinski definition) is 0. The molecule has 1 aromatic carbocycles. The highest BCUT2D eigenvalue weighted by Gasteiger charge is 2.37. The highest BCUT2D eigenvalue weighted by Crippen LogP contribution is 2.20. The molecule has 0 radical (unpaired) electrons. The molecule has 6 heteroatoms. The van der Waals surface area contributed by atoms with Crippen molar-refractivity contribution in [2.45, 2.75) is 26.7 Å². The Hall–Kier alpha value is -2.11. The number of hydrogen-bond acceptors (Lipinski definition) is 3. The summed E-state index contributed by atoms with van der Waals surface area (Å²) in [6.45, 7) is 6.24. The van der Waals surface area contributed by atoms with Crippen LogP contribution in [0.25, 0.3) is 0 Å². The highest BCUT2D eigenvalue weighted by molar-refractivity contribution is 5.85. The number of carbonyl (C=O) groups excluding carboxylic acids is 2. The average molecular weight is 336 g/mol. The molecule has 0 aliphatic carbocycles. The molecule has 2 rings (SSSR count). The molecule has 0 aromatic heterocycles. The minimum absolute atomic E-state index is 0.0658. The van der Waals surface area contributed by atoms with Crippen LogP contribution in [0.5, 0.6) is 5.75 Å². The molecule has 1 aliphatic heterocycles. The number of amides is 2. The molecule has 2 amide bonds. The second-order valence-corrected chi connectivity index (χ2v) is 6.04. The molecule has 5 nitrogen and oxygen atoms in total. The molecule has 0 atom stereocenters. The monoisotopic (exact) mass is 336 g/mol.